The Balaban J connectivity index is 0. The monoisotopic (exact) mass is 202 g/mol. The summed E-state index contributed by atoms with van der Waals surface area (Å²) in [5.74, 6) is 0.102. The molecule has 0 aromatic carbocycles. The Morgan fingerprint density at radius 3 is 2.07 bits per heavy atom. The molecule has 0 aromatic rings. The molecule has 0 amide bonds. The lowest BCUT2D eigenvalue weighted by Crippen LogP contribution is -2.15. The molecule has 0 radical (unpaired) electrons. The molecule has 0 N–H and O–H groups in total. The van der Waals surface area contributed by atoms with E-state index in [0.29, 0.717) is 0 Å². The maximum Gasteiger partial charge on any atom is 0.308 e. The van der Waals surface area contributed by atoms with Crippen LogP contribution in [0.2, 0.25) is 0 Å². The fourth-order valence-corrected chi connectivity index (χ4v) is 1.35. The molecule has 0 aliphatic carbocycles. The summed E-state index contributed by atoms with van der Waals surface area (Å²) < 4.78 is 4.72. The first-order chi connectivity index (χ1) is 6.76. The van der Waals surface area contributed by atoms with Crippen LogP contribution < -0.4 is 0 Å². The van der Waals surface area contributed by atoms with Crippen LogP contribution in [-0.4, -0.2) is 13.1 Å². The minimum atomic E-state index is -0.0368. The van der Waals surface area contributed by atoms with Crippen molar-refractivity contribution in [3.63, 3.8) is 0 Å². The molecule has 0 bridgehead atoms. The van der Waals surface area contributed by atoms with Gasteiger partial charge in [-0.3, -0.25) is 4.79 Å². The molecule has 0 spiro atoms. The van der Waals surface area contributed by atoms with E-state index >= 15 is 0 Å². The Bertz CT molecular complexity index is 121. The van der Waals surface area contributed by atoms with Crippen LogP contribution in [0.25, 0.3) is 0 Å². The zero-order valence-corrected chi connectivity index (χ0v) is 10.4. The molecule has 86 valence electrons. The third-order valence-corrected chi connectivity index (χ3v) is 2.08. The summed E-state index contributed by atoms with van der Waals surface area (Å²) in [6.07, 6.45) is 5.28. The minimum absolute atomic E-state index is 0.0368. The summed E-state index contributed by atoms with van der Waals surface area (Å²) in [5.41, 5.74) is 0. The molecule has 2 nitrogen and oxygen atoms in total. The topological polar surface area (TPSA) is 26.3 Å². The molecule has 0 saturated heterocycles. The van der Waals surface area contributed by atoms with Gasteiger partial charge in [-0.05, 0) is 12.8 Å². The van der Waals surface area contributed by atoms with Crippen molar-refractivity contribution in [1.29, 1.82) is 0 Å². The van der Waals surface area contributed by atoms with Gasteiger partial charge in [-0.25, -0.2) is 0 Å². The van der Waals surface area contributed by atoms with Crippen molar-refractivity contribution in [1.82, 2.24) is 0 Å². The van der Waals surface area contributed by atoms with E-state index in [0.717, 1.165) is 32.1 Å². The Labute approximate surface area is 89.0 Å². The Morgan fingerprint density at radius 1 is 1.14 bits per heavy atom. The lowest BCUT2D eigenvalue weighted by molar-refractivity contribution is -0.146. The van der Waals surface area contributed by atoms with Crippen molar-refractivity contribution in [3.05, 3.63) is 0 Å². The highest BCUT2D eigenvalue weighted by atomic mass is 16.5. The number of carbonyl (C=O) groups is 1. The van der Waals surface area contributed by atoms with Crippen molar-refractivity contribution in [2.45, 2.75) is 59.8 Å². The van der Waals surface area contributed by atoms with Gasteiger partial charge in [-0.15, -0.1) is 0 Å². The van der Waals surface area contributed by atoms with Gasteiger partial charge in [-0.1, -0.05) is 47.0 Å². The maximum atomic E-state index is 11.2. The summed E-state index contributed by atoms with van der Waals surface area (Å²) in [6, 6.07) is 0. The smallest absolute Gasteiger partial charge is 0.308 e. The van der Waals surface area contributed by atoms with Gasteiger partial charge in [0.15, 0.2) is 0 Å². The van der Waals surface area contributed by atoms with E-state index in [1.807, 2.05) is 13.8 Å². The summed E-state index contributed by atoms with van der Waals surface area (Å²) in [7, 11) is 1.47. The van der Waals surface area contributed by atoms with Gasteiger partial charge in [0.1, 0.15) is 0 Å². The Kier molecular flexibility index (Phi) is 14.2. The molecule has 2 heteroatoms. The zero-order chi connectivity index (χ0) is 11.4. The summed E-state index contributed by atoms with van der Waals surface area (Å²) in [6.45, 7) is 8.24. The van der Waals surface area contributed by atoms with Gasteiger partial charge in [0.2, 0.25) is 0 Å². The van der Waals surface area contributed by atoms with Crippen LogP contribution in [0.5, 0.6) is 0 Å². The lowest BCUT2D eigenvalue weighted by atomic mass is 9.97. The van der Waals surface area contributed by atoms with Crippen LogP contribution >= 0.6 is 0 Å². The molecule has 0 saturated carbocycles. The first-order valence-corrected chi connectivity index (χ1v) is 5.84. The fourth-order valence-electron chi connectivity index (χ4n) is 1.35. The molecule has 0 aliphatic heterocycles. The van der Waals surface area contributed by atoms with E-state index in [4.69, 9.17) is 4.74 Å². The summed E-state index contributed by atoms with van der Waals surface area (Å²) in [5, 5.41) is 0. The molecule has 0 aromatic heterocycles. The predicted molar refractivity (Wildman–Crippen MR) is 61.3 cm³/mol. The van der Waals surface area contributed by atoms with E-state index in [2.05, 4.69) is 13.8 Å². The highest BCUT2D eigenvalue weighted by molar-refractivity contribution is 5.72. The molecule has 0 fully saturated rings. The zero-order valence-electron chi connectivity index (χ0n) is 10.4. The standard InChI is InChI=1S/C10H20O2.C2H6/c1-4-6-8-9(7-5-2)10(11)12-3;1-2/h9H,4-8H2,1-3H3;1-2H3. The van der Waals surface area contributed by atoms with E-state index in [9.17, 15) is 4.79 Å². The normalized spacial score (nSPS) is 11.2. The van der Waals surface area contributed by atoms with Crippen molar-refractivity contribution in [2.75, 3.05) is 7.11 Å². The van der Waals surface area contributed by atoms with Gasteiger partial charge in [-0.2, -0.15) is 0 Å². The van der Waals surface area contributed by atoms with Crippen LogP contribution in [0.4, 0.5) is 0 Å². The predicted octanol–water partition coefficient (Wildman–Crippen LogP) is 3.79. The number of unbranched alkanes of at least 4 members (excludes halogenated alkanes) is 1. The average Bonchev–Trinajstić information content (AvgIpc) is 2.26. The van der Waals surface area contributed by atoms with Crippen LogP contribution in [-0.2, 0) is 9.53 Å². The minimum Gasteiger partial charge on any atom is -0.469 e. The molecule has 0 heterocycles. The number of esters is 1. The van der Waals surface area contributed by atoms with Crippen molar-refractivity contribution in [3.8, 4) is 0 Å². The molecule has 1 unspecified atom stereocenters. The van der Waals surface area contributed by atoms with Crippen LogP contribution in [0.1, 0.15) is 59.8 Å². The molecule has 0 rings (SSSR count). The second-order valence-electron chi connectivity index (χ2n) is 3.15. The molecular weight excluding hydrogens is 176 g/mol. The SMILES string of the molecule is CC.CCCCC(CCC)C(=O)OC. The van der Waals surface area contributed by atoms with Crippen molar-refractivity contribution < 1.29 is 9.53 Å². The van der Waals surface area contributed by atoms with Gasteiger partial charge in [0, 0.05) is 0 Å². The molecule has 0 aliphatic rings. The number of hydrogen-bond donors (Lipinski definition) is 0. The van der Waals surface area contributed by atoms with Gasteiger partial charge in [0.05, 0.1) is 13.0 Å². The van der Waals surface area contributed by atoms with E-state index < -0.39 is 0 Å². The first-order valence-electron chi connectivity index (χ1n) is 5.84. The van der Waals surface area contributed by atoms with E-state index in [-0.39, 0.29) is 11.9 Å². The summed E-state index contributed by atoms with van der Waals surface area (Å²) >= 11 is 0. The van der Waals surface area contributed by atoms with Gasteiger partial charge in [0.25, 0.3) is 0 Å². The largest absolute Gasteiger partial charge is 0.469 e. The first kappa shape index (κ1) is 15.9. The van der Waals surface area contributed by atoms with Gasteiger partial charge < -0.3 is 4.74 Å². The van der Waals surface area contributed by atoms with E-state index in [1.54, 1.807) is 0 Å². The third kappa shape index (κ3) is 8.09. The Morgan fingerprint density at radius 2 is 1.71 bits per heavy atom. The Hall–Kier alpha value is -0.530. The average molecular weight is 202 g/mol. The van der Waals surface area contributed by atoms with Crippen LogP contribution in [0.15, 0.2) is 0 Å². The molecule has 1 atom stereocenters. The fraction of sp³-hybridized carbons (Fsp3) is 0.917. The van der Waals surface area contributed by atoms with Crippen LogP contribution in [0.3, 0.4) is 0 Å². The number of methoxy groups -OCH3 is 1. The van der Waals surface area contributed by atoms with Crippen molar-refractivity contribution >= 4 is 5.97 Å². The number of hydrogen-bond acceptors (Lipinski definition) is 2. The number of carbonyl (C=O) groups excluding carboxylic acids is 1. The van der Waals surface area contributed by atoms with Gasteiger partial charge >= 0.3 is 5.97 Å². The van der Waals surface area contributed by atoms with Crippen LogP contribution in [0, 0.1) is 5.92 Å². The highest BCUT2D eigenvalue weighted by Gasteiger charge is 2.16. The highest BCUT2D eigenvalue weighted by Crippen LogP contribution is 2.15. The lowest BCUT2D eigenvalue weighted by Gasteiger charge is -2.12. The molecular formula is C12H26O2. The quantitative estimate of drug-likeness (QED) is 0.612. The number of ether oxygens (including phenoxy) is 1. The number of rotatable bonds is 6. The second-order valence-corrected chi connectivity index (χ2v) is 3.15. The van der Waals surface area contributed by atoms with Crippen molar-refractivity contribution in [2.24, 2.45) is 5.92 Å². The summed E-state index contributed by atoms with van der Waals surface area (Å²) in [4.78, 5) is 11.2. The third-order valence-electron chi connectivity index (χ3n) is 2.08. The van der Waals surface area contributed by atoms with E-state index in [1.165, 1.54) is 7.11 Å². The maximum absolute atomic E-state index is 11.2. The molecule has 14 heavy (non-hydrogen) atoms. The second kappa shape index (κ2) is 12.5.